The molecule has 1 fully saturated rings. The van der Waals surface area contributed by atoms with Gasteiger partial charge in [0.1, 0.15) is 0 Å². The van der Waals surface area contributed by atoms with E-state index in [4.69, 9.17) is 0 Å². The van der Waals surface area contributed by atoms with E-state index in [0.717, 1.165) is 6.42 Å². The fraction of sp³-hybridized carbons (Fsp3) is 0.889. The summed E-state index contributed by atoms with van der Waals surface area (Å²) in [5, 5.41) is 11.1. The highest BCUT2D eigenvalue weighted by atomic mass is 19.3. The summed E-state index contributed by atoms with van der Waals surface area (Å²) in [7, 11) is 0. The maximum atomic E-state index is 12.6. The van der Waals surface area contributed by atoms with Crippen LogP contribution >= 0.6 is 0 Å². The van der Waals surface area contributed by atoms with Gasteiger partial charge in [-0.1, -0.05) is 12.8 Å². The SMILES string of the molecule is O=C(N[C@@H]1CCCC[C@H]1O)C(F)(F)C(F)F. The minimum absolute atomic E-state index is 0.326. The van der Waals surface area contributed by atoms with Crippen molar-refractivity contribution >= 4 is 5.91 Å². The van der Waals surface area contributed by atoms with Crippen molar-refractivity contribution in [2.45, 2.75) is 50.2 Å². The van der Waals surface area contributed by atoms with E-state index in [0.29, 0.717) is 19.3 Å². The summed E-state index contributed by atoms with van der Waals surface area (Å²) in [6, 6.07) is -0.856. The van der Waals surface area contributed by atoms with Gasteiger partial charge in [-0.2, -0.15) is 8.78 Å². The zero-order valence-corrected chi connectivity index (χ0v) is 8.43. The molecule has 1 amide bonds. The lowest BCUT2D eigenvalue weighted by atomic mass is 9.92. The van der Waals surface area contributed by atoms with E-state index in [1.54, 1.807) is 5.32 Å². The van der Waals surface area contributed by atoms with Crippen LogP contribution in [0.15, 0.2) is 0 Å². The average Bonchev–Trinajstić information content (AvgIpc) is 2.21. The highest BCUT2D eigenvalue weighted by molar-refractivity contribution is 5.84. The predicted octanol–water partition coefficient (Wildman–Crippen LogP) is 1.31. The number of halogens is 4. The van der Waals surface area contributed by atoms with Crippen molar-refractivity contribution in [3.63, 3.8) is 0 Å². The second-order valence-corrected chi connectivity index (χ2v) is 3.86. The first kappa shape index (κ1) is 13.2. The number of carbonyl (C=O) groups is 1. The van der Waals surface area contributed by atoms with Crippen LogP contribution in [0.1, 0.15) is 25.7 Å². The Hall–Kier alpha value is -0.850. The Morgan fingerprint density at radius 3 is 2.38 bits per heavy atom. The molecule has 0 aliphatic heterocycles. The molecule has 3 nitrogen and oxygen atoms in total. The van der Waals surface area contributed by atoms with Crippen molar-refractivity contribution in [1.82, 2.24) is 5.32 Å². The molecule has 0 bridgehead atoms. The first-order chi connectivity index (χ1) is 7.35. The molecule has 0 radical (unpaired) electrons. The number of rotatable bonds is 3. The fourth-order valence-corrected chi connectivity index (χ4v) is 1.64. The van der Waals surface area contributed by atoms with E-state index in [-0.39, 0.29) is 0 Å². The Morgan fingerprint density at radius 1 is 1.31 bits per heavy atom. The van der Waals surface area contributed by atoms with Crippen LogP contribution in [0.25, 0.3) is 0 Å². The van der Waals surface area contributed by atoms with Gasteiger partial charge >= 0.3 is 12.3 Å². The molecule has 7 heteroatoms. The van der Waals surface area contributed by atoms with Gasteiger partial charge in [-0.15, -0.1) is 0 Å². The number of aliphatic hydroxyl groups is 1. The lowest BCUT2D eigenvalue weighted by Crippen LogP contribution is -2.53. The van der Waals surface area contributed by atoms with Crippen molar-refractivity contribution in [2.75, 3.05) is 0 Å². The molecule has 94 valence electrons. The van der Waals surface area contributed by atoms with Gasteiger partial charge in [-0.05, 0) is 12.8 Å². The van der Waals surface area contributed by atoms with Crippen molar-refractivity contribution in [1.29, 1.82) is 0 Å². The van der Waals surface area contributed by atoms with Crippen molar-refractivity contribution in [3.8, 4) is 0 Å². The van der Waals surface area contributed by atoms with Crippen molar-refractivity contribution in [3.05, 3.63) is 0 Å². The second kappa shape index (κ2) is 4.99. The second-order valence-electron chi connectivity index (χ2n) is 3.86. The van der Waals surface area contributed by atoms with E-state index in [1.807, 2.05) is 0 Å². The molecule has 16 heavy (non-hydrogen) atoms. The number of aliphatic hydroxyl groups excluding tert-OH is 1. The molecule has 0 aromatic heterocycles. The van der Waals surface area contributed by atoms with Gasteiger partial charge in [0.2, 0.25) is 0 Å². The van der Waals surface area contributed by atoms with Crippen LogP contribution in [0.5, 0.6) is 0 Å². The predicted molar refractivity (Wildman–Crippen MR) is 47.4 cm³/mol. The van der Waals surface area contributed by atoms with Crippen LogP contribution in [-0.2, 0) is 4.79 Å². The third kappa shape index (κ3) is 2.84. The first-order valence-corrected chi connectivity index (χ1v) is 5.00. The molecule has 1 aliphatic carbocycles. The Balaban J connectivity index is 2.56. The normalized spacial score (nSPS) is 26.9. The Morgan fingerprint density at radius 2 is 1.88 bits per heavy atom. The number of alkyl halides is 4. The number of carbonyl (C=O) groups excluding carboxylic acids is 1. The minimum Gasteiger partial charge on any atom is -0.391 e. The lowest BCUT2D eigenvalue weighted by molar-refractivity contribution is -0.171. The Kier molecular flexibility index (Phi) is 4.12. The standard InChI is InChI=1S/C9H13F4NO2/c10-7(11)9(12,13)8(16)14-5-3-1-2-4-6(5)15/h5-7,15H,1-4H2,(H,14,16)/t5-,6-/m1/s1. The van der Waals surface area contributed by atoms with Crippen molar-refractivity contribution < 1.29 is 27.5 Å². The summed E-state index contributed by atoms with van der Waals surface area (Å²) in [6.07, 6.45) is -2.86. The zero-order chi connectivity index (χ0) is 12.3. The third-order valence-corrected chi connectivity index (χ3v) is 2.62. The topological polar surface area (TPSA) is 49.3 Å². The van der Waals surface area contributed by atoms with Crippen LogP contribution in [0.2, 0.25) is 0 Å². The summed E-state index contributed by atoms with van der Waals surface area (Å²) < 4.78 is 48.8. The summed E-state index contributed by atoms with van der Waals surface area (Å²) in [5.41, 5.74) is 0. The molecule has 0 aromatic carbocycles. The fourth-order valence-electron chi connectivity index (χ4n) is 1.64. The summed E-state index contributed by atoms with van der Waals surface area (Å²) in [5.74, 6) is -6.72. The molecule has 0 heterocycles. The quantitative estimate of drug-likeness (QED) is 0.734. The van der Waals surface area contributed by atoms with Crippen molar-refractivity contribution in [2.24, 2.45) is 0 Å². The summed E-state index contributed by atoms with van der Waals surface area (Å²) in [4.78, 5) is 10.9. The van der Waals surface area contributed by atoms with Gasteiger partial charge in [-0.25, -0.2) is 8.78 Å². The van der Waals surface area contributed by atoms with E-state index in [2.05, 4.69) is 0 Å². The van der Waals surface area contributed by atoms with Gasteiger partial charge in [0.25, 0.3) is 5.91 Å². The highest BCUT2D eigenvalue weighted by Crippen LogP contribution is 2.25. The molecule has 0 unspecified atom stereocenters. The van der Waals surface area contributed by atoms with Crippen LogP contribution < -0.4 is 5.32 Å². The first-order valence-electron chi connectivity index (χ1n) is 5.00. The molecule has 0 spiro atoms. The van der Waals surface area contributed by atoms with E-state index in [9.17, 15) is 27.5 Å². The van der Waals surface area contributed by atoms with E-state index < -0.39 is 30.4 Å². The minimum atomic E-state index is -4.70. The molecule has 1 saturated carbocycles. The Bertz CT molecular complexity index is 260. The number of hydrogen-bond acceptors (Lipinski definition) is 2. The molecule has 1 rings (SSSR count). The van der Waals surface area contributed by atoms with Gasteiger partial charge < -0.3 is 10.4 Å². The van der Waals surface area contributed by atoms with Gasteiger partial charge in [0, 0.05) is 0 Å². The molecular weight excluding hydrogens is 230 g/mol. The number of hydrogen-bond donors (Lipinski definition) is 2. The molecular formula is C9H13F4NO2. The van der Waals surface area contributed by atoms with Gasteiger partial charge in [0.05, 0.1) is 12.1 Å². The Labute approximate surface area is 89.8 Å². The molecule has 0 saturated heterocycles. The maximum absolute atomic E-state index is 12.6. The average molecular weight is 243 g/mol. The van der Waals surface area contributed by atoms with Crippen LogP contribution in [0, 0.1) is 0 Å². The number of nitrogens with one attached hydrogen (secondary N) is 1. The molecule has 2 atom stereocenters. The van der Waals surface area contributed by atoms with Crippen LogP contribution in [0.4, 0.5) is 17.6 Å². The molecule has 2 N–H and O–H groups in total. The summed E-state index contributed by atoms with van der Waals surface area (Å²) >= 11 is 0. The largest absolute Gasteiger partial charge is 0.391 e. The molecule has 1 aliphatic rings. The monoisotopic (exact) mass is 243 g/mol. The zero-order valence-electron chi connectivity index (χ0n) is 8.43. The van der Waals surface area contributed by atoms with E-state index >= 15 is 0 Å². The maximum Gasteiger partial charge on any atom is 0.383 e. The molecule has 0 aromatic rings. The highest BCUT2D eigenvalue weighted by Gasteiger charge is 2.49. The van der Waals surface area contributed by atoms with E-state index in [1.165, 1.54) is 0 Å². The number of amides is 1. The third-order valence-electron chi connectivity index (χ3n) is 2.62. The van der Waals surface area contributed by atoms with Gasteiger partial charge in [-0.3, -0.25) is 4.79 Å². The smallest absolute Gasteiger partial charge is 0.383 e. The summed E-state index contributed by atoms with van der Waals surface area (Å²) in [6.45, 7) is 0. The van der Waals surface area contributed by atoms with Crippen LogP contribution in [0.3, 0.4) is 0 Å². The lowest BCUT2D eigenvalue weighted by Gasteiger charge is -2.29. The van der Waals surface area contributed by atoms with Crippen LogP contribution in [-0.4, -0.2) is 35.5 Å². The van der Waals surface area contributed by atoms with Gasteiger partial charge in [0.15, 0.2) is 0 Å².